The largest absolute Gasteiger partial charge is 0.493 e. The van der Waals surface area contributed by atoms with Crippen LogP contribution in [0.5, 0.6) is 5.75 Å². The van der Waals surface area contributed by atoms with Crippen LogP contribution < -0.4 is 9.64 Å². The topological polar surface area (TPSA) is 49.9 Å². The quantitative estimate of drug-likeness (QED) is 0.542. The second kappa shape index (κ2) is 9.82. The van der Waals surface area contributed by atoms with Gasteiger partial charge in [0.1, 0.15) is 11.4 Å². The minimum atomic E-state index is -0.256. The third-order valence-electron chi connectivity index (χ3n) is 6.49. The van der Waals surface area contributed by atoms with Crippen LogP contribution in [0.15, 0.2) is 54.2 Å². The Kier molecular flexibility index (Phi) is 6.87. The average Bonchev–Trinajstić information content (AvgIpc) is 3.08. The molecule has 174 valence electrons. The molecule has 5 heteroatoms. The Morgan fingerprint density at radius 2 is 1.58 bits per heavy atom. The number of piperidine rings is 1. The lowest BCUT2D eigenvalue weighted by molar-refractivity contribution is -0.120. The van der Waals surface area contributed by atoms with E-state index in [1.165, 1.54) is 10.5 Å². The molecule has 0 bridgehead atoms. The number of ether oxygens (including phenoxy) is 1. The van der Waals surface area contributed by atoms with E-state index in [1.54, 1.807) is 0 Å². The van der Waals surface area contributed by atoms with Crippen molar-refractivity contribution in [1.82, 2.24) is 4.90 Å². The van der Waals surface area contributed by atoms with Crippen LogP contribution >= 0.6 is 0 Å². The van der Waals surface area contributed by atoms with Crippen LogP contribution in [0.4, 0.5) is 5.69 Å². The Bertz CT molecular complexity index is 1030. The molecule has 4 rings (SSSR count). The van der Waals surface area contributed by atoms with Gasteiger partial charge in [-0.3, -0.25) is 9.59 Å². The number of carbonyl (C=O) groups excluding carboxylic acids is 2. The molecule has 0 saturated carbocycles. The summed E-state index contributed by atoms with van der Waals surface area (Å²) >= 11 is 0. The van der Waals surface area contributed by atoms with E-state index in [-0.39, 0.29) is 11.8 Å². The van der Waals surface area contributed by atoms with Crippen LogP contribution in [0.1, 0.15) is 51.7 Å². The molecule has 0 N–H and O–H groups in total. The summed E-state index contributed by atoms with van der Waals surface area (Å²) < 4.78 is 5.81. The van der Waals surface area contributed by atoms with E-state index < -0.39 is 0 Å². The van der Waals surface area contributed by atoms with E-state index in [4.69, 9.17) is 4.74 Å². The Morgan fingerprint density at radius 1 is 0.939 bits per heavy atom. The molecular formula is C28H34N2O3. The molecule has 0 aliphatic carbocycles. The number of likely N-dealkylation sites (tertiary alicyclic amines) is 1. The van der Waals surface area contributed by atoms with E-state index in [0.717, 1.165) is 43.7 Å². The summed E-state index contributed by atoms with van der Waals surface area (Å²) in [5.41, 5.74) is 3.57. The van der Waals surface area contributed by atoms with E-state index in [0.29, 0.717) is 35.4 Å². The SMILES string of the molecule is CCc1ccc(N2C(=O)C(c3ccc(OCC(C)C)cc3)=C(N3CCC(C)CC3)C2=O)cc1. The third kappa shape index (κ3) is 4.82. The normalized spacial score (nSPS) is 17.5. The first kappa shape index (κ1) is 23.1. The summed E-state index contributed by atoms with van der Waals surface area (Å²) in [5.74, 6) is 1.35. The predicted octanol–water partition coefficient (Wildman–Crippen LogP) is 5.30. The monoisotopic (exact) mass is 446 g/mol. The van der Waals surface area contributed by atoms with Crippen LogP contribution in [-0.4, -0.2) is 36.4 Å². The standard InChI is InChI=1S/C28H34N2O3/c1-5-21-6-10-23(11-7-21)30-27(31)25(22-8-12-24(13-9-22)33-18-19(2)3)26(28(30)32)29-16-14-20(4)15-17-29/h6-13,19-20H,5,14-18H2,1-4H3. The van der Waals surface area contributed by atoms with Gasteiger partial charge in [0.15, 0.2) is 0 Å². The number of hydrogen-bond donors (Lipinski definition) is 0. The molecule has 0 spiro atoms. The highest BCUT2D eigenvalue weighted by Gasteiger charge is 2.42. The summed E-state index contributed by atoms with van der Waals surface area (Å²) in [7, 11) is 0. The molecule has 33 heavy (non-hydrogen) atoms. The number of rotatable bonds is 7. The van der Waals surface area contributed by atoms with Gasteiger partial charge in [0.05, 0.1) is 17.9 Å². The maximum absolute atomic E-state index is 13.7. The second-order valence-corrected chi connectivity index (χ2v) is 9.59. The molecule has 0 radical (unpaired) electrons. The van der Waals surface area contributed by atoms with Gasteiger partial charge < -0.3 is 9.64 Å². The first-order chi connectivity index (χ1) is 15.9. The lowest BCUT2D eigenvalue weighted by atomic mass is 9.97. The smallest absolute Gasteiger partial charge is 0.282 e. The van der Waals surface area contributed by atoms with Crippen molar-refractivity contribution >= 4 is 23.1 Å². The van der Waals surface area contributed by atoms with Crippen molar-refractivity contribution in [2.24, 2.45) is 11.8 Å². The number of benzene rings is 2. The van der Waals surface area contributed by atoms with E-state index in [2.05, 4.69) is 32.6 Å². The van der Waals surface area contributed by atoms with Crippen LogP contribution in [0.25, 0.3) is 5.57 Å². The zero-order valence-electron chi connectivity index (χ0n) is 20.1. The fourth-order valence-electron chi connectivity index (χ4n) is 4.40. The maximum atomic E-state index is 13.7. The fourth-order valence-corrected chi connectivity index (χ4v) is 4.40. The zero-order chi connectivity index (χ0) is 23.5. The molecule has 1 saturated heterocycles. The van der Waals surface area contributed by atoms with Gasteiger partial charge in [-0.05, 0) is 66.5 Å². The molecule has 2 aliphatic rings. The first-order valence-corrected chi connectivity index (χ1v) is 12.1. The van der Waals surface area contributed by atoms with Crippen LogP contribution in [0.3, 0.4) is 0 Å². The molecular weight excluding hydrogens is 412 g/mol. The Morgan fingerprint density at radius 3 is 2.15 bits per heavy atom. The van der Waals surface area contributed by atoms with Crippen molar-refractivity contribution in [3.8, 4) is 5.75 Å². The summed E-state index contributed by atoms with van der Waals surface area (Å²) in [5, 5.41) is 0. The van der Waals surface area contributed by atoms with Gasteiger partial charge >= 0.3 is 0 Å². The molecule has 0 unspecified atom stereocenters. The average molecular weight is 447 g/mol. The molecule has 2 amide bonds. The summed E-state index contributed by atoms with van der Waals surface area (Å²) in [6, 6.07) is 15.3. The van der Waals surface area contributed by atoms with E-state index in [9.17, 15) is 9.59 Å². The number of imide groups is 1. The highest BCUT2D eigenvalue weighted by molar-refractivity contribution is 6.45. The maximum Gasteiger partial charge on any atom is 0.282 e. The van der Waals surface area contributed by atoms with Crippen LogP contribution in [0.2, 0.25) is 0 Å². The summed E-state index contributed by atoms with van der Waals surface area (Å²) in [6.07, 6.45) is 2.95. The minimum absolute atomic E-state index is 0.228. The lowest BCUT2D eigenvalue weighted by Gasteiger charge is -2.32. The number of carbonyl (C=O) groups is 2. The number of amides is 2. The molecule has 1 fully saturated rings. The third-order valence-corrected chi connectivity index (χ3v) is 6.49. The van der Waals surface area contributed by atoms with Crippen LogP contribution in [0, 0.1) is 11.8 Å². The van der Waals surface area contributed by atoms with Gasteiger partial charge in [0.25, 0.3) is 11.8 Å². The van der Waals surface area contributed by atoms with Crippen molar-refractivity contribution in [2.75, 3.05) is 24.6 Å². The highest BCUT2D eigenvalue weighted by atomic mass is 16.5. The number of aryl methyl sites for hydroxylation is 1. The Balaban J connectivity index is 1.70. The summed E-state index contributed by atoms with van der Waals surface area (Å²) in [6.45, 7) is 10.8. The van der Waals surface area contributed by atoms with Gasteiger partial charge in [-0.25, -0.2) is 4.90 Å². The van der Waals surface area contributed by atoms with E-state index >= 15 is 0 Å². The van der Waals surface area contributed by atoms with Gasteiger partial charge in [-0.15, -0.1) is 0 Å². The zero-order valence-corrected chi connectivity index (χ0v) is 20.1. The van der Waals surface area contributed by atoms with Crippen LogP contribution in [-0.2, 0) is 16.0 Å². The van der Waals surface area contributed by atoms with Crippen molar-refractivity contribution < 1.29 is 14.3 Å². The van der Waals surface area contributed by atoms with Gasteiger partial charge in [-0.2, -0.15) is 0 Å². The van der Waals surface area contributed by atoms with Crippen molar-refractivity contribution in [1.29, 1.82) is 0 Å². The molecule has 5 nitrogen and oxygen atoms in total. The second-order valence-electron chi connectivity index (χ2n) is 9.59. The highest BCUT2D eigenvalue weighted by Crippen LogP contribution is 2.37. The fraction of sp³-hybridized carbons (Fsp3) is 0.429. The molecule has 2 heterocycles. The first-order valence-electron chi connectivity index (χ1n) is 12.1. The van der Waals surface area contributed by atoms with Crippen molar-refractivity contribution in [3.05, 3.63) is 65.4 Å². The van der Waals surface area contributed by atoms with Crippen molar-refractivity contribution in [3.63, 3.8) is 0 Å². The van der Waals surface area contributed by atoms with Gasteiger partial charge in [-0.1, -0.05) is 52.0 Å². The molecule has 2 aliphatic heterocycles. The molecule has 0 atom stereocenters. The molecule has 2 aromatic carbocycles. The number of nitrogens with zero attached hydrogens (tertiary/aromatic N) is 2. The number of anilines is 1. The molecule has 2 aromatic rings. The Labute approximate surface area is 197 Å². The predicted molar refractivity (Wildman–Crippen MR) is 132 cm³/mol. The number of hydrogen-bond acceptors (Lipinski definition) is 4. The Hall–Kier alpha value is -3.08. The minimum Gasteiger partial charge on any atom is -0.493 e. The van der Waals surface area contributed by atoms with Crippen molar-refractivity contribution in [2.45, 2.75) is 47.0 Å². The van der Waals surface area contributed by atoms with Gasteiger partial charge in [0, 0.05) is 13.1 Å². The van der Waals surface area contributed by atoms with Gasteiger partial charge in [0.2, 0.25) is 0 Å². The van der Waals surface area contributed by atoms with E-state index in [1.807, 2.05) is 48.5 Å². The molecule has 0 aromatic heterocycles. The summed E-state index contributed by atoms with van der Waals surface area (Å²) in [4.78, 5) is 30.8. The lowest BCUT2D eigenvalue weighted by Crippen LogP contribution is -2.38.